The van der Waals surface area contributed by atoms with Gasteiger partial charge in [-0.3, -0.25) is 0 Å². The number of anilines is 1. The highest BCUT2D eigenvalue weighted by Gasteiger charge is 1.94. The highest BCUT2D eigenvalue weighted by Crippen LogP contribution is 1.94. The number of carbonyl (C=O) groups is 1. The van der Waals surface area contributed by atoms with Crippen molar-refractivity contribution in [3.63, 3.8) is 0 Å². The van der Waals surface area contributed by atoms with Gasteiger partial charge in [-0.05, 0) is 25.0 Å². The normalized spacial score (nSPS) is 8.64. The molecule has 1 rings (SSSR count). The van der Waals surface area contributed by atoms with Crippen molar-refractivity contribution in [2.24, 2.45) is 0 Å². The van der Waals surface area contributed by atoms with Gasteiger partial charge in [0, 0.05) is 5.92 Å². The monoisotopic (exact) mass is 191 g/mol. The van der Waals surface area contributed by atoms with Crippen molar-refractivity contribution in [2.45, 2.75) is 6.92 Å². The highest BCUT2D eigenvalue weighted by atomic mass is 16.5. The summed E-state index contributed by atoms with van der Waals surface area (Å²) >= 11 is 0. The van der Waals surface area contributed by atoms with Gasteiger partial charge in [-0.25, -0.2) is 4.79 Å². The second kappa shape index (κ2) is 4.82. The van der Waals surface area contributed by atoms with Crippen LogP contribution in [0.5, 0.6) is 0 Å². The Morgan fingerprint density at radius 3 is 2.93 bits per heavy atom. The van der Waals surface area contributed by atoms with Crippen LogP contribution in [-0.4, -0.2) is 22.8 Å². The molecule has 5 nitrogen and oxygen atoms in total. The largest absolute Gasteiger partial charge is 0.456 e. The first-order chi connectivity index (χ1) is 6.72. The van der Waals surface area contributed by atoms with E-state index in [0.717, 1.165) is 0 Å². The van der Waals surface area contributed by atoms with Crippen LogP contribution in [0.1, 0.15) is 12.6 Å². The molecule has 0 saturated carbocycles. The number of hydrogen-bond donors (Lipinski definition) is 1. The van der Waals surface area contributed by atoms with Gasteiger partial charge in [-0.1, -0.05) is 0 Å². The lowest BCUT2D eigenvalue weighted by molar-refractivity contribution is -0.136. The van der Waals surface area contributed by atoms with E-state index in [4.69, 9.17) is 5.73 Å². The number of aromatic nitrogens is 2. The maximum atomic E-state index is 10.8. The van der Waals surface area contributed by atoms with Gasteiger partial charge in [0.05, 0.1) is 6.61 Å². The van der Waals surface area contributed by atoms with E-state index in [2.05, 4.69) is 26.8 Å². The molecule has 72 valence electrons. The third-order valence-electron chi connectivity index (χ3n) is 1.25. The molecule has 0 unspecified atom stereocenters. The SMILES string of the molecule is CCOC(=O)C#Cc1ccc(N)nn1. The van der Waals surface area contributed by atoms with E-state index in [1.54, 1.807) is 19.1 Å². The predicted molar refractivity (Wildman–Crippen MR) is 50.0 cm³/mol. The molecule has 0 amide bonds. The standard InChI is InChI=1S/C9H9N3O2/c1-2-14-9(13)6-4-7-3-5-8(10)12-11-7/h3,5H,2H2,1H3,(H2,10,12). The zero-order chi connectivity index (χ0) is 10.4. The summed E-state index contributed by atoms with van der Waals surface area (Å²) in [5.74, 6) is 4.50. The fraction of sp³-hybridized carbons (Fsp3) is 0.222. The van der Waals surface area contributed by atoms with Crippen LogP contribution < -0.4 is 5.73 Å². The molecule has 0 aliphatic carbocycles. The zero-order valence-corrected chi connectivity index (χ0v) is 7.65. The molecule has 0 spiro atoms. The molecule has 14 heavy (non-hydrogen) atoms. The first-order valence-electron chi connectivity index (χ1n) is 4.00. The fourth-order valence-electron chi connectivity index (χ4n) is 0.691. The van der Waals surface area contributed by atoms with E-state index in [0.29, 0.717) is 18.1 Å². The average Bonchev–Trinajstić information content (AvgIpc) is 2.17. The summed E-state index contributed by atoms with van der Waals surface area (Å²) in [5.41, 5.74) is 5.70. The molecule has 2 N–H and O–H groups in total. The number of carbonyl (C=O) groups excluding carboxylic acids is 1. The molecule has 0 aromatic carbocycles. The average molecular weight is 191 g/mol. The van der Waals surface area contributed by atoms with E-state index in [9.17, 15) is 4.79 Å². The smallest absolute Gasteiger partial charge is 0.384 e. The minimum Gasteiger partial charge on any atom is -0.456 e. The number of ether oxygens (including phenoxy) is 1. The maximum absolute atomic E-state index is 10.8. The van der Waals surface area contributed by atoms with E-state index >= 15 is 0 Å². The van der Waals surface area contributed by atoms with Gasteiger partial charge >= 0.3 is 5.97 Å². The van der Waals surface area contributed by atoms with Gasteiger partial charge in [-0.15, -0.1) is 10.2 Å². The van der Waals surface area contributed by atoms with Crippen LogP contribution in [0.25, 0.3) is 0 Å². The van der Waals surface area contributed by atoms with Gasteiger partial charge in [0.2, 0.25) is 0 Å². The van der Waals surface area contributed by atoms with Crippen LogP contribution in [-0.2, 0) is 9.53 Å². The molecular weight excluding hydrogens is 182 g/mol. The number of rotatable bonds is 1. The lowest BCUT2D eigenvalue weighted by atomic mass is 10.4. The van der Waals surface area contributed by atoms with Gasteiger partial charge in [-0.2, -0.15) is 0 Å². The second-order valence-corrected chi connectivity index (χ2v) is 2.31. The number of nitrogens with zero attached hydrogens (tertiary/aromatic N) is 2. The molecule has 0 bridgehead atoms. The molecular formula is C9H9N3O2. The van der Waals surface area contributed by atoms with E-state index < -0.39 is 5.97 Å². The van der Waals surface area contributed by atoms with Gasteiger partial charge < -0.3 is 10.5 Å². The van der Waals surface area contributed by atoms with Crippen LogP contribution in [0.2, 0.25) is 0 Å². The summed E-state index contributed by atoms with van der Waals surface area (Å²) in [6, 6.07) is 3.14. The summed E-state index contributed by atoms with van der Waals surface area (Å²) in [4.78, 5) is 10.8. The first-order valence-corrected chi connectivity index (χ1v) is 4.00. The molecule has 0 aliphatic rings. The van der Waals surface area contributed by atoms with Gasteiger partial charge in [0.1, 0.15) is 11.5 Å². The number of esters is 1. The lowest BCUT2D eigenvalue weighted by Crippen LogP contribution is -2.00. The molecule has 0 saturated heterocycles. The molecule has 5 heteroatoms. The highest BCUT2D eigenvalue weighted by molar-refractivity contribution is 5.88. The minimum absolute atomic E-state index is 0.306. The Morgan fingerprint density at radius 1 is 1.57 bits per heavy atom. The van der Waals surface area contributed by atoms with Crippen molar-refractivity contribution in [3.05, 3.63) is 17.8 Å². The Kier molecular flexibility index (Phi) is 3.44. The van der Waals surface area contributed by atoms with E-state index in [1.165, 1.54) is 0 Å². The summed E-state index contributed by atoms with van der Waals surface area (Å²) in [6.07, 6.45) is 0. The Balaban J connectivity index is 2.68. The molecule has 1 aromatic heterocycles. The number of nitrogen functional groups attached to an aromatic ring is 1. The number of nitrogens with two attached hydrogens (primary N) is 1. The molecule has 1 heterocycles. The minimum atomic E-state index is -0.578. The molecule has 1 aromatic rings. The van der Waals surface area contributed by atoms with E-state index in [1.807, 2.05) is 0 Å². The van der Waals surface area contributed by atoms with Crippen LogP contribution in [0, 0.1) is 11.8 Å². The Hall–Kier alpha value is -2.09. The first kappa shape index (κ1) is 9.99. The Bertz CT molecular complexity index is 375. The van der Waals surface area contributed by atoms with Crippen molar-refractivity contribution >= 4 is 11.8 Å². The summed E-state index contributed by atoms with van der Waals surface area (Å²) in [7, 11) is 0. The third-order valence-corrected chi connectivity index (χ3v) is 1.25. The van der Waals surface area contributed by atoms with E-state index in [-0.39, 0.29) is 0 Å². The Labute approximate surface area is 81.3 Å². The topological polar surface area (TPSA) is 78.1 Å². The molecule has 0 radical (unpaired) electrons. The summed E-state index contributed by atoms with van der Waals surface area (Å²) in [6.45, 7) is 2.02. The molecule has 0 atom stereocenters. The van der Waals surface area contributed by atoms with Crippen LogP contribution in [0.3, 0.4) is 0 Å². The van der Waals surface area contributed by atoms with Crippen LogP contribution in [0.15, 0.2) is 12.1 Å². The summed E-state index contributed by atoms with van der Waals surface area (Å²) in [5, 5.41) is 7.23. The van der Waals surface area contributed by atoms with Crippen molar-refractivity contribution in [1.82, 2.24) is 10.2 Å². The van der Waals surface area contributed by atoms with Crippen molar-refractivity contribution < 1.29 is 9.53 Å². The quantitative estimate of drug-likeness (QED) is 0.498. The van der Waals surface area contributed by atoms with Crippen molar-refractivity contribution in [2.75, 3.05) is 12.3 Å². The van der Waals surface area contributed by atoms with Gasteiger partial charge in [0.15, 0.2) is 0 Å². The van der Waals surface area contributed by atoms with Gasteiger partial charge in [0.25, 0.3) is 0 Å². The maximum Gasteiger partial charge on any atom is 0.384 e. The van der Waals surface area contributed by atoms with Crippen LogP contribution >= 0.6 is 0 Å². The Morgan fingerprint density at radius 2 is 2.36 bits per heavy atom. The van der Waals surface area contributed by atoms with Crippen molar-refractivity contribution in [3.8, 4) is 11.8 Å². The molecule has 0 fully saturated rings. The lowest BCUT2D eigenvalue weighted by Gasteiger charge is -1.91. The number of hydrogen-bond acceptors (Lipinski definition) is 5. The second-order valence-electron chi connectivity index (χ2n) is 2.31. The third kappa shape index (κ3) is 3.11. The molecule has 0 aliphatic heterocycles. The van der Waals surface area contributed by atoms with Crippen LogP contribution in [0.4, 0.5) is 5.82 Å². The fourth-order valence-corrected chi connectivity index (χ4v) is 0.691. The summed E-state index contributed by atoms with van der Waals surface area (Å²) < 4.78 is 4.60. The van der Waals surface area contributed by atoms with Crippen molar-refractivity contribution in [1.29, 1.82) is 0 Å². The zero-order valence-electron chi connectivity index (χ0n) is 7.65. The predicted octanol–water partition coefficient (Wildman–Crippen LogP) is -0.0266.